The van der Waals surface area contributed by atoms with Crippen molar-refractivity contribution in [2.24, 2.45) is 0 Å². The van der Waals surface area contributed by atoms with Gasteiger partial charge in [-0.15, -0.1) is 0 Å². The SMILES string of the molecule is O=C(O)Cn1cccc1C(=O)Nc1cc(F)cc(F)c1F. The Balaban J connectivity index is 2.27. The maximum absolute atomic E-state index is 13.4. The summed E-state index contributed by atoms with van der Waals surface area (Å²) in [5, 5.41) is 10.7. The van der Waals surface area contributed by atoms with Gasteiger partial charge in [-0.2, -0.15) is 0 Å². The van der Waals surface area contributed by atoms with E-state index in [1.807, 2.05) is 5.32 Å². The molecule has 2 aromatic rings. The first-order valence-corrected chi connectivity index (χ1v) is 5.71. The Morgan fingerprint density at radius 3 is 2.62 bits per heavy atom. The average Bonchev–Trinajstić information content (AvgIpc) is 2.82. The second kappa shape index (κ2) is 5.70. The smallest absolute Gasteiger partial charge is 0.323 e. The van der Waals surface area contributed by atoms with Gasteiger partial charge in [0.15, 0.2) is 11.6 Å². The predicted octanol–water partition coefficient (Wildman–Crippen LogP) is 2.24. The van der Waals surface area contributed by atoms with E-state index in [9.17, 15) is 22.8 Å². The Labute approximate surface area is 116 Å². The van der Waals surface area contributed by atoms with E-state index in [4.69, 9.17) is 5.11 Å². The van der Waals surface area contributed by atoms with Gasteiger partial charge in [-0.25, -0.2) is 13.2 Å². The Bertz CT molecular complexity index is 713. The minimum absolute atomic E-state index is 0.0820. The maximum Gasteiger partial charge on any atom is 0.323 e. The second-order valence-corrected chi connectivity index (χ2v) is 4.12. The van der Waals surface area contributed by atoms with E-state index in [0.29, 0.717) is 12.1 Å². The third kappa shape index (κ3) is 3.22. The molecule has 0 radical (unpaired) electrons. The molecule has 1 heterocycles. The van der Waals surface area contributed by atoms with E-state index >= 15 is 0 Å². The van der Waals surface area contributed by atoms with Crippen molar-refractivity contribution >= 4 is 17.6 Å². The molecule has 5 nitrogen and oxygen atoms in total. The van der Waals surface area contributed by atoms with Crippen LogP contribution < -0.4 is 5.32 Å². The molecule has 0 unspecified atom stereocenters. The lowest BCUT2D eigenvalue weighted by Gasteiger charge is -2.09. The van der Waals surface area contributed by atoms with Gasteiger partial charge in [-0.05, 0) is 12.1 Å². The van der Waals surface area contributed by atoms with Gasteiger partial charge in [-0.3, -0.25) is 9.59 Å². The van der Waals surface area contributed by atoms with Gasteiger partial charge in [0.25, 0.3) is 5.91 Å². The summed E-state index contributed by atoms with van der Waals surface area (Å²) in [7, 11) is 0. The Kier molecular flexibility index (Phi) is 3.97. The second-order valence-electron chi connectivity index (χ2n) is 4.12. The summed E-state index contributed by atoms with van der Waals surface area (Å²) in [6, 6.07) is 3.69. The van der Waals surface area contributed by atoms with E-state index in [-0.39, 0.29) is 5.69 Å². The lowest BCUT2D eigenvalue weighted by molar-refractivity contribution is -0.137. The van der Waals surface area contributed by atoms with Gasteiger partial charge >= 0.3 is 5.97 Å². The van der Waals surface area contributed by atoms with Crippen LogP contribution in [0.5, 0.6) is 0 Å². The highest BCUT2D eigenvalue weighted by atomic mass is 19.2. The number of carbonyl (C=O) groups is 2. The Morgan fingerprint density at radius 2 is 1.95 bits per heavy atom. The average molecular weight is 298 g/mol. The zero-order valence-corrected chi connectivity index (χ0v) is 10.4. The van der Waals surface area contributed by atoms with Crippen molar-refractivity contribution < 1.29 is 27.9 Å². The van der Waals surface area contributed by atoms with E-state index in [1.54, 1.807) is 0 Å². The number of aliphatic carboxylic acids is 1. The van der Waals surface area contributed by atoms with Crippen molar-refractivity contribution in [2.75, 3.05) is 5.32 Å². The van der Waals surface area contributed by atoms with Gasteiger partial charge in [-0.1, -0.05) is 0 Å². The van der Waals surface area contributed by atoms with Crippen LogP contribution in [0.4, 0.5) is 18.9 Å². The molecule has 0 fully saturated rings. The molecule has 0 saturated heterocycles. The summed E-state index contributed by atoms with van der Waals surface area (Å²) in [5.41, 5.74) is -0.748. The third-order valence-electron chi connectivity index (χ3n) is 2.61. The lowest BCUT2D eigenvalue weighted by Crippen LogP contribution is -2.20. The van der Waals surface area contributed by atoms with Crippen molar-refractivity contribution in [3.8, 4) is 0 Å². The van der Waals surface area contributed by atoms with Crippen LogP contribution in [0.1, 0.15) is 10.5 Å². The number of aromatic nitrogens is 1. The van der Waals surface area contributed by atoms with E-state index in [1.165, 1.54) is 18.3 Å². The van der Waals surface area contributed by atoms with Crippen molar-refractivity contribution in [1.82, 2.24) is 4.57 Å². The zero-order valence-electron chi connectivity index (χ0n) is 10.4. The summed E-state index contributed by atoms with van der Waals surface area (Å²) in [4.78, 5) is 22.5. The maximum atomic E-state index is 13.4. The quantitative estimate of drug-likeness (QED) is 0.850. The van der Waals surface area contributed by atoms with Crippen LogP contribution in [0.2, 0.25) is 0 Å². The van der Waals surface area contributed by atoms with Crippen LogP contribution >= 0.6 is 0 Å². The lowest BCUT2D eigenvalue weighted by atomic mass is 10.2. The molecular formula is C13H9F3N2O3. The fraction of sp³-hybridized carbons (Fsp3) is 0.0769. The van der Waals surface area contributed by atoms with Crippen LogP contribution in [0.15, 0.2) is 30.5 Å². The largest absolute Gasteiger partial charge is 0.480 e. The summed E-state index contributed by atoms with van der Waals surface area (Å²) in [5.74, 6) is -5.95. The first kappa shape index (κ1) is 14.6. The van der Waals surface area contributed by atoms with Gasteiger partial charge in [0, 0.05) is 18.3 Å². The molecule has 0 bridgehead atoms. The summed E-state index contributed by atoms with van der Waals surface area (Å²) in [6.07, 6.45) is 1.34. The molecule has 0 aliphatic rings. The molecule has 0 aliphatic heterocycles. The summed E-state index contributed by atoms with van der Waals surface area (Å²) >= 11 is 0. The van der Waals surface area contributed by atoms with Crippen LogP contribution in [0, 0.1) is 17.5 Å². The number of amides is 1. The molecule has 0 aliphatic carbocycles. The van der Waals surface area contributed by atoms with Gasteiger partial charge in [0.1, 0.15) is 18.1 Å². The van der Waals surface area contributed by atoms with Crippen LogP contribution in [0.25, 0.3) is 0 Å². The standard InChI is InChI=1S/C13H9F3N2O3/c14-7-4-8(15)12(16)9(5-7)17-13(21)10-2-1-3-18(10)6-11(19)20/h1-5H,6H2,(H,17,21)(H,19,20). The minimum Gasteiger partial charge on any atom is -0.480 e. The summed E-state index contributed by atoms with van der Waals surface area (Å²) < 4.78 is 40.6. The number of halogens is 3. The molecule has 1 aromatic heterocycles. The predicted molar refractivity (Wildman–Crippen MR) is 66.3 cm³/mol. The first-order valence-electron chi connectivity index (χ1n) is 5.71. The molecule has 2 N–H and O–H groups in total. The number of hydrogen-bond acceptors (Lipinski definition) is 2. The number of carboxylic acid groups (broad SMARTS) is 1. The number of hydrogen-bond donors (Lipinski definition) is 2. The molecule has 0 saturated carbocycles. The highest BCUT2D eigenvalue weighted by molar-refractivity contribution is 6.03. The van der Waals surface area contributed by atoms with Crippen LogP contribution in [-0.4, -0.2) is 21.6 Å². The molecule has 8 heteroatoms. The fourth-order valence-corrected chi connectivity index (χ4v) is 1.74. The van der Waals surface area contributed by atoms with Crippen LogP contribution in [-0.2, 0) is 11.3 Å². The molecular weight excluding hydrogens is 289 g/mol. The number of carbonyl (C=O) groups excluding carboxylic acids is 1. The molecule has 1 amide bonds. The topological polar surface area (TPSA) is 71.3 Å². The highest BCUT2D eigenvalue weighted by Gasteiger charge is 2.17. The van der Waals surface area contributed by atoms with Crippen molar-refractivity contribution in [3.63, 3.8) is 0 Å². The van der Waals surface area contributed by atoms with Gasteiger partial charge < -0.3 is 15.0 Å². The molecule has 0 atom stereocenters. The van der Waals surface area contributed by atoms with Crippen molar-refractivity contribution in [3.05, 3.63) is 53.6 Å². The number of carboxylic acids is 1. The Hall–Kier alpha value is -2.77. The normalized spacial score (nSPS) is 10.4. The molecule has 0 spiro atoms. The minimum atomic E-state index is -1.44. The van der Waals surface area contributed by atoms with Gasteiger partial charge in [0.05, 0.1) is 5.69 Å². The van der Waals surface area contributed by atoms with E-state index in [2.05, 4.69) is 0 Å². The molecule has 21 heavy (non-hydrogen) atoms. The first-order chi connectivity index (χ1) is 9.88. The monoisotopic (exact) mass is 298 g/mol. The zero-order chi connectivity index (χ0) is 15.6. The van der Waals surface area contributed by atoms with Crippen molar-refractivity contribution in [2.45, 2.75) is 6.54 Å². The summed E-state index contributed by atoms with van der Waals surface area (Å²) in [6.45, 7) is -0.476. The number of anilines is 1. The molecule has 110 valence electrons. The number of rotatable bonds is 4. The van der Waals surface area contributed by atoms with Crippen molar-refractivity contribution in [1.29, 1.82) is 0 Å². The third-order valence-corrected chi connectivity index (χ3v) is 2.61. The number of benzene rings is 1. The van der Waals surface area contributed by atoms with Gasteiger partial charge in [0.2, 0.25) is 0 Å². The highest BCUT2D eigenvalue weighted by Crippen LogP contribution is 2.20. The molecule has 2 rings (SSSR count). The fourth-order valence-electron chi connectivity index (χ4n) is 1.74. The van der Waals surface area contributed by atoms with E-state index < -0.39 is 41.6 Å². The van der Waals surface area contributed by atoms with E-state index in [0.717, 1.165) is 4.57 Å². The number of nitrogens with zero attached hydrogens (tertiary/aromatic N) is 1. The number of nitrogens with one attached hydrogen (secondary N) is 1. The Morgan fingerprint density at radius 1 is 1.24 bits per heavy atom. The van der Waals surface area contributed by atoms with Crippen LogP contribution in [0.3, 0.4) is 0 Å². The molecule has 1 aromatic carbocycles.